The number of furan rings is 1. The third kappa shape index (κ3) is 6.02. The first-order valence-electron chi connectivity index (χ1n) is 11.2. The summed E-state index contributed by atoms with van der Waals surface area (Å²) in [5, 5.41) is 3.39. The van der Waals surface area contributed by atoms with Crippen molar-refractivity contribution in [3.05, 3.63) is 46.6 Å². The monoisotopic (exact) mass is 491 g/mol. The Labute approximate surface area is 200 Å². The van der Waals surface area contributed by atoms with Gasteiger partial charge in [-0.15, -0.1) is 11.3 Å². The van der Waals surface area contributed by atoms with Crippen LogP contribution >= 0.6 is 11.3 Å². The van der Waals surface area contributed by atoms with Crippen molar-refractivity contribution >= 4 is 38.2 Å². The molecule has 0 bridgehead atoms. The third-order valence-electron chi connectivity index (χ3n) is 5.29. The lowest BCUT2D eigenvalue weighted by Crippen LogP contribution is -2.50. The lowest BCUT2D eigenvalue weighted by molar-refractivity contribution is -0.136. The number of aryl methyl sites for hydroxylation is 1. The summed E-state index contributed by atoms with van der Waals surface area (Å²) in [5.74, 6) is 0.349. The summed E-state index contributed by atoms with van der Waals surface area (Å²) in [6.07, 6.45) is 1.53. The average molecular weight is 492 g/mol. The zero-order chi connectivity index (χ0) is 24.3. The molecule has 1 atom stereocenters. The minimum Gasteiger partial charge on any atom is -0.464 e. The molecule has 33 heavy (non-hydrogen) atoms. The number of carbonyl (C=O) groups excluding carboxylic acids is 1. The number of aromatic nitrogens is 1. The number of fused-ring (bicyclic) bond motifs is 1. The van der Waals surface area contributed by atoms with Gasteiger partial charge in [-0.2, -0.15) is 4.31 Å². The van der Waals surface area contributed by atoms with Crippen molar-refractivity contribution in [3.8, 4) is 0 Å². The molecule has 0 fully saturated rings. The quantitative estimate of drug-likeness (QED) is 0.402. The van der Waals surface area contributed by atoms with E-state index in [4.69, 9.17) is 4.42 Å². The molecule has 1 amide bonds. The van der Waals surface area contributed by atoms with E-state index in [2.05, 4.69) is 32.7 Å². The van der Waals surface area contributed by atoms with Crippen LogP contribution in [0, 0.1) is 18.8 Å². The fraction of sp³-hybridized carbons (Fsp3) is 0.500. The predicted octanol–water partition coefficient (Wildman–Crippen LogP) is 4.92. The van der Waals surface area contributed by atoms with Crippen molar-refractivity contribution in [3.63, 3.8) is 0 Å². The van der Waals surface area contributed by atoms with Gasteiger partial charge in [-0.05, 0) is 49.9 Å². The lowest BCUT2D eigenvalue weighted by Gasteiger charge is -2.33. The van der Waals surface area contributed by atoms with E-state index >= 15 is 0 Å². The molecule has 0 spiro atoms. The van der Waals surface area contributed by atoms with Crippen LogP contribution in [0.5, 0.6) is 0 Å². The number of amides is 1. The highest BCUT2D eigenvalue weighted by atomic mass is 32.2. The van der Waals surface area contributed by atoms with Crippen LogP contribution in [-0.2, 0) is 21.4 Å². The van der Waals surface area contributed by atoms with E-state index in [0.717, 1.165) is 5.01 Å². The van der Waals surface area contributed by atoms with Gasteiger partial charge in [0.05, 0.1) is 28.4 Å². The van der Waals surface area contributed by atoms with Crippen LogP contribution in [0.15, 0.2) is 45.2 Å². The molecular weight excluding hydrogens is 458 g/mol. The smallest absolute Gasteiger partial charge is 0.244 e. The van der Waals surface area contributed by atoms with Crippen LogP contribution in [0.2, 0.25) is 0 Å². The highest BCUT2D eigenvalue weighted by molar-refractivity contribution is 7.89. The molecule has 2 aromatic heterocycles. The number of hydrogen-bond acceptors (Lipinski definition) is 6. The molecule has 2 heterocycles. The van der Waals surface area contributed by atoms with Crippen LogP contribution in [0.1, 0.15) is 45.3 Å². The van der Waals surface area contributed by atoms with E-state index in [9.17, 15) is 13.2 Å². The van der Waals surface area contributed by atoms with Gasteiger partial charge in [-0.3, -0.25) is 4.79 Å². The Morgan fingerprint density at radius 3 is 2.33 bits per heavy atom. The van der Waals surface area contributed by atoms with Crippen molar-refractivity contribution in [2.24, 2.45) is 11.8 Å². The zero-order valence-electron chi connectivity index (χ0n) is 20.1. The summed E-state index contributed by atoms with van der Waals surface area (Å²) < 4.78 is 34.3. The summed E-state index contributed by atoms with van der Waals surface area (Å²) in [7, 11) is -3.99. The van der Waals surface area contributed by atoms with E-state index < -0.39 is 16.1 Å². The largest absolute Gasteiger partial charge is 0.464 e. The van der Waals surface area contributed by atoms with Crippen LogP contribution in [0.3, 0.4) is 0 Å². The van der Waals surface area contributed by atoms with E-state index in [1.807, 2.05) is 12.3 Å². The maximum atomic E-state index is 13.8. The predicted molar refractivity (Wildman–Crippen MR) is 132 cm³/mol. The zero-order valence-corrected chi connectivity index (χ0v) is 21.7. The molecule has 9 heteroatoms. The molecular formula is C24H33N3O4S2. The Morgan fingerprint density at radius 1 is 1.09 bits per heavy atom. The minimum atomic E-state index is -3.99. The van der Waals surface area contributed by atoms with Crippen LogP contribution in [0.25, 0.3) is 11.0 Å². The van der Waals surface area contributed by atoms with Crippen LogP contribution < -0.4 is 0 Å². The number of nitrogens with zero attached hydrogens (tertiary/aromatic N) is 3. The standard InChI is InChI=1S/C24H33N3O4S2/c1-16(2)12-26(13-17(3)4)24(28)18(5)27(14-21-15-32-19(6)25-21)33(29,30)22-7-8-23-20(11-22)9-10-31-23/h7-11,15-18H,12-14H2,1-6H3/t18-/m0/s1. The molecule has 0 radical (unpaired) electrons. The summed E-state index contributed by atoms with van der Waals surface area (Å²) in [6, 6.07) is 5.60. The second kappa shape index (κ2) is 10.4. The first-order chi connectivity index (χ1) is 15.5. The molecule has 7 nitrogen and oxygen atoms in total. The normalized spacial score (nSPS) is 13.4. The first kappa shape index (κ1) is 25.4. The summed E-state index contributed by atoms with van der Waals surface area (Å²) >= 11 is 1.46. The van der Waals surface area contributed by atoms with Crippen molar-refractivity contribution < 1.29 is 17.6 Å². The molecule has 180 valence electrons. The number of hydrogen-bond donors (Lipinski definition) is 0. The van der Waals surface area contributed by atoms with Crippen molar-refractivity contribution in [1.29, 1.82) is 0 Å². The molecule has 1 aromatic carbocycles. The Balaban J connectivity index is 2.01. The molecule has 0 saturated carbocycles. The van der Waals surface area contributed by atoms with E-state index in [1.165, 1.54) is 28.0 Å². The summed E-state index contributed by atoms with van der Waals surface area (Å²) in [4.78, 5) is 20.0. The highest BCUT2D eigenvalue weighted by Crippen LogP contribution is 2.26. The molecule has 0 unspecified atom stereocenters. The van der Waals surface area contributed by atoms with Gasteiger partial charge in [0.1, 0.15) is 11.6 Å². The maximum absolute atomic E-state index is 13.8. The Morgan fingerprint density at radius 2 is 1.76 bits per heavy atom. The van der Waals surface area contributed by atoms with Gasteiger partial charge in [0, 0.05) is 23.9 Å². The Kier molecular flexibility index (Phi) is 7.97. The van der Waals surface area contributed by atoms with E-state index in [1.54, 1.807) is 30.0 Å². The average Bonchev–Trinajstić information content (AvgIpc) is 3.37. The van der Waals surface area contributed by atoms with Gasteiger partial charge in [0.2, 0.25) is 15.9 Å². The Hall–Kier alpha value is -2.23. The number of rotatable bonds is 10. The van der Waals surface area contributed by atoms with Crippen molar-refractivity contribution in [2.45, 2.75) is 59.0 Å². The molecule has 3 aromatic rings. The number of thiazole rings is 1. The van der Waals surface area contributed by atoms with Gasteiger partial charge in [-0.25, -0.2) is 13.4 Å². The molecule has 0 aliphatic rings. The topological polar surface area (TPSA) is 83.7 Å². The van der Waals surface area contributed by atoms with E-state index in [-0.39, 0.29) is 29.2 Å². The fourth-order valence-corrected chi connectivity index (χ4v) is 6.03. The van der Waals surface area contributed by atoms with E-state index in [0.29, 0.717) is 29.8 Å². The van der Waals surface area contributed by atoms with Crippen molar-refractivity contribution in [2.75, 3.05) is 13.1 Å². The first-order valence-corrected chi connectivity index (χ1v) is 13.5. The number of carbonyl (C=O) groups is 1. The van der Waals surface area contributed by atoms with Gasteiger partial charge in [0.15, 0.2) is 0 Å². The molecule has 3 rings (SSSR count). The summed E-state index contributed by atoms with van der Waals surface area (Å²) in [6.45, 7) is 12.9. The molecule has 0 aliphatic carbocycles. The second-order valence-corrected chi connectivity index (χ2v) is 12.2. The molecule has 0 N–H and O–H groups in total. The Bertz CT molecular complexity index is 1190. The third-order valence-corrected chi connectivity index (χ3v) is 8.02. The van der Waals surface area contributed by atoms with Gasteiger partial charge in [0.25, 0.3) is 0 Å². The van der Waals surface area contributed by atoms with Crippen LogP contribution in [0.4, 0.5) is 0 Å². The molecule has 0 aliphatic heterocycles. The molecule has 0 saturated heterocycles. The summed E-state index contributed by atoms with van der Waals surface area (Å²) in [5.41, 5.74) is 1.24. The SMILES string of the molecule is Cc1nc(CN([C@@H](C)C(=O)N(CC(C)C)CC(C)C)S(=O)(=O)c2ccc3occc3c2)cs1. The van der Waals surface area contributed by atoms with Gasteiger partial charge in [-0.1, -0.05) is 27.7 Å². The number of benzene rings is 1. The van der Waals surface area contributed by atoms with Gasteiger partial charge >= 0.3 is 0 Å². The minimum absolute atomic E-state index is 0.0280. The lowest BCUT2D eigenvalue weighted by atomic mass is 10.1. The van der Waals surface area contributed by atoms with Crippen molar-refractivity contribution in [1.82, 2.24) is 14.2 Å². The highest BCUT2D eigenvalue weighted by Gasteiger charge is 2.36. The van der Waals surface area contributed by atoms with Gasteiger partial charge < -0.3 is 9.32 Å². The fourth-order valence-electron chi connectivity index (χ4n) is 3.83. The maximum Gasteiger partial charge on any atom is 0.244 e. The number of sulfonamides is 1. The van der Waals surface area contributed by atoms with Crippen LogP contribution in [-0.4, -0.2) is 47.6 Å². The second-order valence-electron chi connectivity index (χ2n) is 9.24.